The molecule has 0 bridgehead atoms. The molecule has 7 nitrogen and oxygen atoms in total. The van der Waals surface area contributed by atoms with E-state index in [1.165, 1.54) is 28.2 Å². The lowest BCUT2D eigenvalue weighted by molar-refractivity contribution is 0.121. The second kappa shape index (κ2) is 10.6. The van der Waals surface area contributed by atoms with Crippen LogP contribution in [0.25, 0.3) is 11.1 Å². The molecule has 1 unspecified atom stereocenters. The van der Waals surface area contributed by atoms with Gasteiger partial charge < -0.3 is 9.64 Å². The molecule has 2 fully saturated rings. The third-order valence-corrected chi connectivity index (χ3v) is 6.01. The number of halogens is 2. The van der Waals surface area contributed by atoms with E-state index in [0.29, 0.717) is 30.0 Å². The molecule has 0 aromatic heterocycles. The van der Waals surface area contributed by atoms with Crippen molar-refractivity contribution >= 4 is 17.5 Å². The van der Waals surface area contributed by atoms with Crippen molar-refractivity contribution in [3.8, 4) is 11.1 Å². The highest BCUT2D eigenvalue weighted by atomic mass is 19.1. The minimum atomic E-state index is -0.564. The van der Waals surface area contributed by atoms with Gasteiger partial charge in [0.2, 0.25) is 0 Å². The molecule has 1 amide bonds. The van der Waals surface area contributed by atoms with Crippen LogP contribution in [0, 0.1) is 11.6 Å². The summed E-state index contributed by atoms with van der Waals surface area (Å²) in [5.74, 6) is -0.899. The Bertz CT molecular complexity index is 1070. The molecule has 0 aliphatic carbocycles. The summed E-state index contributed by atoms with van der Waals surface area (Å²) >= 11 is 0. The molecular formula is C25H29F2N5O2. The van der Waals surface area contributed by atoms with E-state index in [2.05, 4.69) is 16.9 Å². The molecule has 180 valence electrons. The van der Waals surface area contributed by atoms with Crippen molar-refractivity contribution in [2.45, 2.75) is 32.3 Å². The number of amides is 1. The first-order chi connectivity index (χ1) is 16.5. The van der Waals surface area contributed by atoms with Crippen LogP contribution in [-0.4, -0.2) is 49.9 Å². The van der Waals surface area contributed by atoms with E-state index < -0.39 is 18.0 Å². The number of carbonyl (C=O) groups excluding carboxylic acids is 1. The van der Waals surface area contributed by atoms with Crippen LogP contribution < -0.4 is 9.80 Å². The summed E-state index contributed by atoms with van der Waals surface area (Å²) < 4.78 is 35.3. The van der Waals surface area contributed by atoms with Gasteiger partial charge in [-0.25, -0.2) is 13.6 Å². The van der Waals surface area contributed by atoms with Crippen molar-refractivity contribution in [1.29, 1.82) is 0 Å². The standard InChI is InChI=1S/C25H29F2N5O2/c1-3-28-29-31(4-2)16-20-17-32(25(33)34-20)19-9-10-21(22(26)15-19)18-8-11-24(23(27)14-18)30-12-6-5-7-13-30/h4,8-11,14-15,20H,2-3,5-7,12-13,16-17H2,1H3. The van der Waals surface area contributed by atoms with Crippen LogP contribution in [0.4, 0.5) is 25.0 Å². The van der Waals surface area contributed by atoms with Crippen molar-refractivity contribution in [1.82, 2.24) is 5.01 Å². The van der Waals surface area contributed by atoms with Gasteiger partial charge in [0.05, 0.1) is 31.0 Å². The van der Waals surface area contributed by atoms with Gasteiger partial charge in [0.15, 0.2) is 0 Å². The third kappa shape index (κ3) is 5.18. The number of cyclic esters (lactones) is 1. The zero-order valence-corrected chi connectivity index (χ0v) is 19.3. The van der Waals surface area contributed by atoms with Crippen molar-refractivity contribution < 1.29 is 18.3 Å². The molecular weight excluding hydrogens is 440 g/mol. The Labute approximate surface area is 198 Å². The fourth-order valence-electron chi connectivity index (χ4n) is 4.30. The number of hydrogen-bond acceptors (Lipinski definition) is 5. The van der Waals surface area contributed by atoms with Crippen LogP contribution in [0.2, 0.25) is 0 Å². The molecule has 2 saturated heterocycles. The number of carbonyl (C=O) groups is 1. The second-order valence-electron chi connectivity index (χ2n) is 8.35. The summed E-state index contributed by atoms with van der Waals surface area (Å²) in [4.78, 5) is 15.8. The molecule has 2 aromatic rings. The monoisotopic (exact) mass is 469 g/mol. The number of hydrogen-bond donors (Lipinski definition) is 0. The van der Waals surface area contributed by atoms with Crippen LogP contribution >= 0.6 is 0 Å². The predicted molar refractivity (Wildman–Crippen MR) is 128 cm³/mol. The number of ether oxygens (including phenoxy) is 1. The van der Waals surface area contributed by atoms with Gasteiger partial charge in [-0.2, -0.15) is 5.11 Å². The maximum absolute atomic E-state index is 15.0. The van der Waals surface area contributed by atoms with Gasteiger partial charge in [-0.15, -0.1) is 0 Å². The summed E-state index contributed by atoms with van der Waals surface area (Å²) in [6.07, 6.45) is 3.72. The Morgan fingerprint density at radius 3 is 2.62 bits per heavy atom. The lowest BCUT2D eigenvalue weighted by Crippen LogP contribution is -2.30. The third-order valence-electron chi connectivity index (χ3n) is 6.01. The number of nitrogens with zero attached hydrogens (tertiary/aromatic N) is 5. The zero-order valence-electron chi connectivity index (χ0n) is 19.3. The molecule has 2 aromatic carbocycles. The van der Waals surface area contributed by atoms with Crippen molar-refractivity contribution in [2.75, 3.05) is 42.5 Å². The minimum Gasteiger partial charge on any atom is -0.442 e. The van der Waals surface area contributed by atoms with E-state index in [9.17, 15) is 9.18 Å². The highest BCUT2D eigenvalue weighted by molar-refractivity contribution is 5.90. The van der Waals surface area contributed by atoms with E-state index in [1.54, 1.807) is 24.3 Å². The van der Waals surface area contributed by atoms with Gasteiger partial charge in [-0.05, 0) is 62.1 Å². The molecule has 9 heteroatoms. The van der Waals surface area contributed by atoms with Crippen LogP contribution in [0.1, 0.15) is 26.2 Å². The van der Waals surface area contributed by atoms with Gasteiger partial charge in [0.1, 0.15) is 17.7 Å². The molecule has 0 radical (unpaired) electrons. The zero-order chi connectivity index (χ0) is 24.1. The van der Waals surface area contributed by atoms with E-state index in [1.807, 2.05) is 11.8 Å². The Balaban J connectivity index is 1.48. The second-order valence-corrected chi connectivity index (χ2v) is 8.35. The quantitative estimate of drug-likeness (QED) is 0.363. The Morgan fingerprint density at radius 1 is 1.15 bits per heavy atom. The average molecular weight is 470 g/mol. The Morgan fingerprint density at radius 2 is 1.94 bits per heavy atom. The van der Waals surface area contributed by atoms with Crippen LogP contribution in [0.5, 0.6) is 0 Å². The fraction of sp³-hybridized carbons (Fsp3) is 0.400. The number of benzene rings is 2. The molecule has 0 spiro atoms. The van der Waals surface area contributed by atoms with Crippen molar-refractivity contribution in [3.05, 3.63) is 60.8 Å². The highest BCUT2D eigenvalue weighted by Gasteiger charge is 2.33. The van der Waals surface area contributed by atoms with Crippen molar-refractivity contribution in [2.24, 2.45) is 10.3 Å². The maximum Gasteiger partial charge on any atom is 0.414 e. The van der Waals surface area contributed by atoms with E-state index in [0.717, 1.165) is 32.4 Å². The Hall–Kier alpha value is -3.49. The van der Waals surface area contributed by atoms with E-state index >= 15 is 4.39 Å². The first-order valence-electron chi connectivity index (χ1n) is 11.6. The minimum absolute atomic E-state index is 0.239. The number of anilines is 2. The highest BCUT2D eigenvalue weighted by Crippen LogP contribution is 2.32. The maximum atomic E-state index is 15.0. The van der Waals surface area contributed by atoms with Crippen molar-refractivity contribution in [3.63, 3.8) is 0 Å². The lowest BCUT2D eigenvalue weighted by atomic mass is 10.0. The first kappa shape index (κ1) is 23.7. The molecule has 34 heavy (non-hydrogen) atoms. The normalized spacial score (nSPS) is 18.4. The SMILES string of the molecule is C=CN(CC1CN(c2ccc(-c3ccc(N4CCCCC4)c(F)c3)c(F)c2)C(=O)O1)N=NCC. The molecule has 1 atom stereocenters. The summed E-state index contributed by atoms with van der Waals surface area (Å²) in [5.41, 5.74) is 1.65. The smallest absolute Gasteiger partial charge is 0.414 e. The van der Waals surface area contributed by atoms with Gasteiger partial charge >= 0.3 is 6.09 Å². The predicted octanol–water partition coefficient (Wildman–Crippen LogP) is 5.78. The molecule has 4 rings (SSSR count). The summed E-state index contributed by atoms with van der Waals surface area (Å²) in [6, 6.07) is 9.30. The summed E-state index contributed by atoms with van der Waals surface area (Å²) in [7, 11) is 0. The first-order valence-corrected chi connectivity index (χ1v) is 11.6. The van der Waals surface area contributed by atoms with E-state index in [4.69, 9.17) is 4.74 Å². The Kier molecular flexibility index (Phi) is 7.40. The summed E-state index contributed by atoms with van der Waals surface area (Å²) in [6.45, 7) is 8.26. The van der Waals surface area contributed by atoms with Gasteiger partial charge in [-0.3, -0.25) is 9.91 Å². The average Bonchev–Trinajstić information content (AvgIpc) is 3.22. The molecule has 2 aliphatic rings. The molecule has 2 aliphatic heterocycles. The molecule has 0 N–H and O–H groups in total. The molecule has 0 saturated carbocycles. The number of rotatable bonds is 8. The van der Waals surface area contributed by atoms with Gasteiger partial charge in [0.25, 0.3) is 0 Å². The summed E-state index contributed by atoms with van der Waals surface area (Å²) in [5, 5.41) is 9.40. The molecule has 2 heterocycles. The fourth-order valence-corrected chi connectivity index (χ4v) is 4.30. The topological polar surface area (TPSA) is 60.7 Å². The number of piperidine rings is 1. The largest absolute Gasteiger partial charge is 0.442 e. The van der Waals surface area contributed by atoms with Gasteiger partial charge in [-0.1, -0.05) is 17.9 Å². The van der Waals surface area contributed by atoms with E-state index in [-0.39, 0.29) is 17.9 Å². The van der Waals surface area contributed by atoms with Gasteiger partial charge in [0, 0.05) is 24.9 Å². The van der Waals surface area contributed by atoms with Crippen LogP contribution in [0.15, 0.2) is 59.5 Å². The van der Waals surface area contributed by atoms with Crippen LogP contribution in [0.3, 0.4) is 0 Å². The van der Waals surface area contributed by atoms with Crippen LogP contribution in [-0.2, 0) is 4.74 Å². The lowest BCUT2D eigenvalue weighted by Gasteiger charge is -2.29.